The summed E-state index contributed by atoms with van der Waals surface area (Å²) in [6.45, 7) is 1.83. The van der Waals surface area contributed by atoms with E-state index in [1.54, 1.807) is 11.4 Å². The van der Waals surface area contributed by atoms with Gasteiger partial charge in [-0.25, -0.2) is 4.79 Å². The van der Waals surface area contributed by atoms with Gasteiger partial charge in [0.25, 0.3) is 0 Å². The minimum atomic E-state index is -0.442. The van der Waals surface area contributed by atoms with E-state index in [-0.39, 0.29) is 11.8 Å². The summed E-state index contributed by atoms with van der Waals surface area (Å²) in [4.78, 5) is 24.2. The van der Waals surface area contributed by atoms with Gasteiger partial charge in [-0.05, 0) is 23.9 Å². The number of benzene rings is 1. The molecule has 0 spiro atoms. The lowest BCUT2D eigenvalue weighted by atomic mass is 10.0. The van der Waals surface area contributed by atoms with E-state index in [9.17, 15) is 9.59 Å². The standard InChI is InChI=1S/C15H15NO3S/c1-10(11-6-4-3-5-7-11)14(17)16-12-8-9-20-13(12)15(18)19-2/h3-10H,1-2H3,(H,16,17). The molecule has 0 aliphatic rings. The number of ether oxygens (including phenoxy) is 1. The maximum absolute atomic E-state index is 12.2. The SMILES string of the molecule is COC(=O)c1sccc1NC(=O)C(C)c1ccccc1. The highest BCUT2D eigenvalue weighted by Gasteiger charge is 2.19. The van der Waals surface area contributed by atoms with Gasteiger partial charge in [0.05, 0.1) is 18.7 Å². The molecule has 20 heavy (non-hydrogen) atoms. The minimum Gasteiger partial charge on any atom is -0.465 e. The first-order valence-electron chi connectivity index (χ1n) is 6.15. The van der Waals surface area contributed by atoms with Crippen molar-refractivity contribution in [3.8, 4) is 0 Å². The van der Waals surface area contributed by atoms with Crippen LogP contribution in [0, 0.1) is 0 Å². The molecule has 0 bridgehead atoms. The summed E-state index contributed by atoms with van der Waals surface area (Å²) < 4.78 is 4.68. The third kappa shape index (κ3) is 3.05. The predicted molar refractivity (Wildman–Crippen MR) is 79.1 cm³/mol. The van der Waals surface area contributed by atoms with Crippen LogP contribution in [-0.4, -0.2) is 19.0 Å². The number of hydrogen-bond acceptors (Lipinski definition) is 4. The summed E-state index contributed by atoms with van der Waals surface area (Å²) in [5, 5.41) is 4.52. The largest absolute Gasteiger partial charge is 0.465 e. The van der Waals surface area contributed by atoms with Gasteiger partial charge in [0, 0.05) is 0 Å². The van der Waals surface area contributed by atoms with Crippen LogP contribution in [0.4, 0.5) is 5.69 Å². The number of amides is 1. The summed E-state index contributed by atoms with van der Waals surface area (Å²) >= 11 is 1.24. The van der Waals surface area contributed by atoms with Gasteiger partial charge in [-0.1, -0.05) is 30.3 Å². The van der Waals surface area contributed by atoms with Gasteiger partial charge >= 0.3 is 5.97 Å². The molecule has 0 saturated carbocycles. The minimum absolute atomic E-state index is 0.153. The number of thiophene rings is 1. The van der Waals surface area contributed by atoms with Gasteiger partial charge in [0.1, 0.15) is 4.88 Å². The van der Waals surface area contributed by atoms with Crippen LogP contribution < -0.4 is 5.32 Å². The highest BCUT2D eigenvalue weighted by Crippen LogP contribution is 2.25. The fraction of sp³-hybridized carbons (Fsp3) is 0.200. The third-order valence-electron chi connectivity index (χ3n) is 2.99. The predicted octanol–water partition coefficient (Wildman–Crippen LogP) is 3.28. The van der Waals surface area contributed by atoms with Gasteiger partial charge in [0.15, 0.2) is 0 Å². The van der Waals surface area contributed by atoms with Crippen LogP contribution in [0.2, 0.25) is 0 Å². The quantitative estimate of drug-likeness (QED) is 0.879. The van der Waals surface area contributed by atoms with Gasteiger partial charge in [-0.3, -0.25) is 4.79 Å². The topological polar surface area (TPSA) is 55.4 Å². The molecule has 2 aromatic rings. The van der Waals surface area contributed by atoms with E-state index in [0.29, 0.717) is 10.6 Å². The van der Waals surface area contributed by atoms with Crippen molar-refractivity contribution in [3.63, 3.8) is 0 Å². The maximum atomic E-state index is 12.2. The van der Waals surface area contributed by atoms with Crippen molar-refractivity contribution in [2.75, 3.05) is 12.4 Å². The van der Waals surface area contributed by atoms with Crippen molar-refractivity contribution in [1.82, 2.24) is 0 Å². The van der Waals surface area contributed by atoms with E-state index in [1.807, 2.05) is 37.3 Å². The third-order valence-corrected chi connectivity index (χ3v) is 3.88. The molecular formula is C15H15NO3S. The Labute approximate surface area is 121 Å². The van der Waals surface area contributed by atoms with E-state index in [0.717, 1.165) is 5.56 Å². The molecule has 0 aliphatic heterocycles. The lowest BCUT2D eigenvalue weighted by Crippen LogP contribution is -2.19. The Hall–Kier alpha value is -2.14. The summed E-state index contributed by atoms with van der Waals surface area (Å²) in [5.74, 6) is -0.885. The number of carbonyl (C=O) groups excluding carboxylic acids is 2. The molecule has 1 aromatic carbocycles. The lowest BCUT2D eigenvalue weighted by Gasteiger charge is -2.12. The number of methoxy groups -OCH3 is 1. The number of esters is 1. The van der Waals surface area contributed by atoms with E-state index in [2.05, 4.69) is 10.1 Å². The molecule has 1 atom stereocenters. The Bertz CT molecular complexity index is 607. The number of anilines is 1. The highest BCUT2D eigenvalue weighted by molar-refractivity contribution is 7.12. The molecule has 1 unspecified atom stereocenters. The van der Waals surface area contributed by atoms with Crippen LogP contribution in [0.3, 0.4) is 0 Å². The Balaban J connectivity index is 2.13. The molecule has 0 fully saturated rings. The molecule has 104 valence electrons. The summed E-state index contributed by atoms with van der Waals surface area (Å²) in [7, 11) is 1.32. The lowest BCUT2D eigenvalue weighted by molar-refractivity contribution is -0.117. The van der Waals surface area contributed by atoms with Gasteiger partial charge < -0.3 is 10.1 Å². The van der Waals surface area contributed by atoms with E-state index < -0.39 is 5.97 Å². The smallest absolute Gasteiger partial charge is 0.350 e. The zero-order chi connectivity index (χ0) is 14.5. The van der Waals surface area contributed by atoms with Crippen molar-refractivity contribution in [2.45, 2.75) is 12.8 Å². The van der Waals surface area contributed by atoms with Crippen molar-refractivity contribution >= 4 is 28.9 Å². The van der Waals surface area contributed by atoms with E-state index in [4.69, 9.17) is 0 Å². The molecule has 2 rings (SSSR count). The Morgan fingerprint density at radius 2 is 1.90 bits per heavy atom. The van der Waals surface area contributed by atoms with Crippen LogP contribution in [0.15, 0.2) is 41.8 Å². The average molecular weight is 289 g/mol. The zero-order valence-electron chi connectivity index (χ0n) is 11.3. The molecular weight excluding hydrogens is 274 g/mol. The second-order valence-electron chi connectivity index (χ2n) is 4.28. The van der Waals surface area contributed by atoms with E-state index >= 15 is 0 Å². The Morgan fingerprint density at radius 1 is 1.20 bits per heavy atom. The summed E-state index contributed by atoms with van der Waals surface area (Å²) in [6, 6.07) is 11.2. The van der Waals surface area contributed by atoms with Crippen LogP contribution in [0.1, 0.15) is 28.1 Å². The molecule has 4 nitrogen and oxygen atoms in total. The second kappa shape index (κ2) is 6.34. The Kier molecular flexibility index (Phi) is 4.53. The normalized spacial score (nSPS) is 11.7. The summed E-state index contributed by atoms with van der Waals surface area (Å²) in [6.07, 6.45) is 0. The molecule has 0 aliphatic carbocycles. The van der Waals surface area contributed by atoms with Crippen molar-refractivity contribution < 1.29 is 14.3 Å². The van der Waals surface area contributed by atoms with Crippen molar-refractivity contribution in [1.29, 1.82) is 0 Å². The molecule has 0 saturated heterocycles. The first-order valence-corrected chi connectivity index (χ1v) is 7.03. The Morgan fingerprint density at radius 3 is 2.55 bits per heavy atom. The van der Waals surface area contributed by atoms with Gasteiger partial charge in [-0.2, -0.15) is 0 Å². The first kappa shape index (κ1) is 14.3. The second-order valence-corrected chi connectivity index (χ2v) is 5.19. The molecule has 0 radical (unpaired) electrons. The van der Waals surface area contributed by atoms with Crippen LogP contribution in [0.25, 0.3) is 0 Å². The average Bonchev–Trinajstić information content (AvgIpc) is 2.94. The van der Waals surface area contributed by atoms with Crippen LogP contribution in [0.5, 0.6) is 0 Å². The van der Waals surface area contributed by atoms with Gasteiger partial charge in [0.2, 0.25) is 5.91 Å². The van der Waals surface area contributed by atoms with Crippen LogP contribution in [-0.2, 0) is 9.53 Å². The number of rotatable bonds is 4. The molecule has 5 heteroatoms. The van der Waals surface area contributed by atoms with Crippen molar-refractivity contribution in [2.24, 2.45) is 0 Å². The molecule has 1 aromatic heterocycles. The monoisotopic (exact) mass is 289 g/mol. The first-order chi connectivity index (χ1) is 9.63. The number of carbonyl (C=O) groups is 2. The fourth-order valence-corrected chi connectivity index (χ4v) is 2.56. The molecule has 1 amide bonds. The number of hydrogen-bond donors (Lipinski definition) is 1. The van der Waals surface area contributed by atoms with Gasteiger partial charge in [-0.15, -0.1) is 11.3 Å². The summed E-state index contributed by atoms with van der Waals surface area (Å²) in [5.41, 5.74) is 1.43. The number of nitrogens with one attached hydrogen (secondary N) is 1. The zero-order valence-corrected chi connectivity index (χ0v) is 12.1. The van der Waals surface area contributed by atoms with E-state index in [1.165, 1.54) is 18.4 Å². The fourth-order valence-electron chi connectivity index (χ4n) is 1.79. The maximum Gasteiger partial charge on any atom is 0.350 e. The van der Waals surface area contributed by atoms with Crippen LogP contribution >= 0.6 is 11.3 Å². The molecule has 1 N–H and O–H groups in total. The molecule has 1 heterocycles. The highest BCUT2D eigenvalue weighted by atomic mass is 32.1. The van der Waals surface area contributed by atoms with Crippen molar-refractivity contribution in [3.05, 3.63) is 52.2 Å².